The Morgan fingerprint density at radius 2 is 2.09 bits per heavy atom. The summed E-state index contributed by atoms with van der Waals surface area (Å²) in [6, 6.07) is 5.95. The molecular formula is C16H19FN2O2S. The molecule has 0 spiro atoms. The number of hydrogen-bond donors (Lipinski definition) is 1. The molecule has 1 amide bonds. The largest absolute Gasteiger partial charge is 0.494 e. The Morgan fingerprint density at radius 3 is 2.77 bits per heavy atom. The number of amides is 1. The molecule has 0 radical (unpaired) electrons. The maximum absolute atomic E-state index is 12.7. The van der Waals surface area contributed by atoms with E-state index in [2.05, 4.69) is 10.3 Å². The molecule has 118 valence electrons. The van der Waals surface area contributed by atoms with E-state index in [0.29, 0.717) is 25.3 Å². The average Bonchev–Trinajstić information content (AvgIpc) is 2.89. The molecule has 1 aromatic heterocycles. The zero-order chi connectivity index (χ0) is 15.8. The number of carbonyl (C=O) groups excluding carboxylic acids is 1. The van der Waals surface area contributed by atoms with Crippen LogP contribution in [-0.4, -0.2) is 24.0 Å². The van der Waals surface area contributed by atoms with Crippen molar-refractivity contribution >= 4 is 17.2 Å². The third-order valence-electron chi connectivity index (χ3n) is 2.98. The second-order valence-electron chi connectivity index (χ2n) is 4.89. The fourth-order valence-corrected chi connectivity index (χ4v) is 2.50. The van der Waals surface area contributed by atoms with Crippen LogP contribution in [0.15, 0.2) is 29.6 Å². The lowest BCUT2D eigenvalue weighted by molar-refractivity contribution is -0.120. The van der Waals surface area contributed by atoms with Crippen molar-refractivity contribution in [3.63, 3.8) is 0 Å². The van der Waals surface area contributed by atoms with Crippen LogP contribution in [0.5, 0.6) is 5.75 Å². The average molecular weight is 322 g/mol. The lowest BCUT2D eigenvalue weighted by atomic mass is 10.3. The lowest BCUT2D eigenvalue weighted by Crippen LogP contribution is -2.26. The molecule has 2 rings (SSSR count). The molecular weight excluding hydrogens is 303 g/mol. The van der Waals surface area contributed by atoms with Crippen LogP contribution in [-0.2, 0) is 11.2 Å². The van der Waals surface area contributed by atoms with Crippen molar-refractivity contribution in [2.24, 2.45) is 0 Å². The van der Waals surface area contributed by atoms with Gasteiger partial charge in [-0.1, -0.05) is 0 Å². The summed E-state index contributed by atoms with van der Waals surface area (Å²) >= 11 is 1.55. The van der Waals surface area contributed by atoms with Crippen molar-refractivity contribution in [3.05, 3.63) is 46.2 Å². The number of aryl methyl sites for hydroxylation is 1. The number of nitrogens with one attached hydrogen (secondary N) is 1. The van der Waals surface area contributed by atoms with Crippen molar-refractivity contribution in [3.8, 4) is 5.75 Å². The third-order valence-corrected chi connectivity index (χ3v) is 3.81. The Bertz CT molecular complexity index is 598. The van der Waals surface area contributed by atoms with Gasteiger partial charge in [0.2, 0.25) is 5.91 Å². The van der Waals surface area contributed by atoms with E-state index in [1.54, 1.807) is 23.5 Å². The molecule has 4 nitrogen and oxygen atoms in total. The second-order valence-corrected chi connectivity index (χ2v) is 5.96. The zero-order valence-corrected chi connectivity index (χ0v) is 13.3. The number of carbonyl (C=O) groups is 1. The number of aromatic nitrogens is 1. The maximum Gasteiger partial charge on any atom is 0.226 e. The minimum Gasteiger partial charge on any atom is -0.494 e. The van der Waals surface area contributed by atoms with Crippen LogP contribution >= 0.6 is 11.3 Å². The van der Waals surface area contributed by atoms with Crippen molar-refractivity contribution in [2.45, 2.75) is 26.2 Å². The highest BCUT2D eigenvalue weighted by atomic mass is 32.1. The smallest absolute Gasteiger partial charge is 0.226 e. The number of nitrogens with zero attached hydrogens (tertiary/aromatic N) is 1. The summed E-state index contributed by atoms with van der Waals surface area (Å²) < 4.78 is 18.2. The number of halogens is 1. The van der Waals surface area contributed by atoms with E-state index in [1.165, 1.54) is 12.1 Å². The van der Waals surface area contributed by atoms with E-state index in [-0.39, 0.29) is 11.7 Å². The SMILES string of the molecule is Cc1nc(CC(=O)NCCCCOc2ccc(F)cc2)cs1. The first kappa shape index (κ1) is 16.4. The van der Waals surface area contributed by atoms with E-state index in [1.807, 2.05) is 12.3 Å². The normalized spacial score (nSPS) is 10.5. The van der Waals surface area contributed by atoms with Gasteiger partial charge in [0.1, 0.15) is 11.6 Å². The van der Waals surface area contributed by atoms with Crippen molar-refractivity contribution in [1.82, 2.24) is 10.3 Å². The van der Waals surface area contributed by atoms with Gasteiger partial charge in [-0.25, -0.2) is 9.37 Å². The lowest BCUT2D eigenvalue weighted by Gasteiger charge is -2.07. The first-order valence-electron chi connectivity index (χ1n) is 7.19. The van der Waals surface area contributed by atoms with Gasteiger partial charge in [0.05, 0.1) is 23.7 Å². The van der Waals surface area contributed by atoms with Gasteiger partial charge in [0.25, 0.3) is 0 Å². The van der Waals surface area contributed by atoms with Gasteiger partial charge in [-0.3, -0.25) is 4.79 Å². The topological polar surface area (TPSA) is 51.2 Å². The van der Waals surface area contributed by atoms with Crippen LogP contribution in [0.4, 0.5) is 4.39 Å². The zero-order valence-electron chi connectivity index (χ0n) is 12.5. The second kappa shape index (κ2) is 8.48. The predicted molar refractivity (Wildman–Crippen MR) is 84.7 cm³/mol. The quantitative estimate of drug-likeness (QED) is 0.760. The summed E-state index contributed by atoms with van der Waals surface area (Å²) in [5.41, 5.74) is 0.819. The molecule has 22 heavy (non-hydrogen) atoms. The van der Waals surface area contributed by atoms with E-state index in [4.69, 9.17) is 4.74 Å². The molecule has 0 aliphatic heterocycles. The van der Waals surface area contributed by atoms with E-state index < -0.39 is 0 Å². The van der Waals surface area contributed by atoms with Crippen molar-refractivity contribution < 1.29 is 13.9 Å². The molecule has 1 heterocycles. The fourth-order valence-electron chi connectivity index (χ4n) is 1.89. The van der Waals surface area contributed by atoms with Gasteiger partial charge in [0, 0.05) is 11.9 Å². The van der Waals surface area contributed by atoms with E-state index in [0.717, 1.165) is 23.5 Å². The van der Waals surface area contributed by atoms with Crippen molar-refractivity contribution in [1.29, 1.82) is 0 Å². The van der Waals surface area contributed by atoms with E-state index in [9.17, 15) is 9.18 Å². The van der Waals surface area contributed by atoms with Gasteiger partial charge in [0.15, 0.2) is 0 Å². The van der Waals surface area contributed by atoms with Gasteiger partial charge in [-0.05, 0) is 44.0 Å². The number of benzene rings is 1. The van der Waals surface area contributed by atoms with Crippen molar-refractivity contribution in [2.75, 3.05) is 13.2 Å². The highest BCUT2D eigenvalue weighted by Crippen LogP contribution is 2.11. The summed E-state index contributed by atoms with van der Waals surface area (Å²) in [6.07, 6.45) is 1.99. The number of thiazole rings is 1. The molecule has 0 saturated heterocycles. The van der Waals surface area contributed by atoms with Gasteiger partial charge >= 0.3 is 0 Å². The molecule has 0 saturated carbocycles. The molecule has 6 heteroatoms. The third kappa shape index (κ3) is 5.81. The molecule has 0 unspecified atom stereocenters. The summed E-state index contributed by atoms with van der Waals surface area (Å²) in [4.78, 5) is 16.0. The Kier molecular flexibility index (Phi) is 6.33. The highest BCUT2D eigenvalue weighted by molar-refractivity contribution is 7.09. The number of hydrogen-bond acceptors (Lipinski definition) is 4. The molecule has 2 aromatic rings. The predicted octanol–water partition coefficient (Wildman–Crippen LogP) is 3.11. The highest BCUT2D eigenvalue weighted by Gasteiger charge is 2.05. The standard InChI is InChI=1S/C16H19FN2O2S/c1-12-19-14(11-22-12)10-16(20)18-8-2-3-9-21-15-6-4-13(17)5-7-15/h4-7,11H,2-3,8-10H2,1H3,(H,18,20). The fraction of sp³-hybridized carbons (Fsp3) is 0.375. The summed E-state index contributed by atoms with van der Waals surface area (Å²) in [5, 5.41) is 5.75. The number of ether oxygens (including phenoxy) is 1. The Morgan fingerprint density at radius 1 is 1.32 bits per heavy atom. The van der Waals surface area contributed by atoms with Gasteiger partial charge in [-0.15, -0.1) is 11.3 Å². The Hall–Kier alpha value is -1.95. The van der Waals surface area contributed by atoms with Crippen LogP contribution in [0, 0.1) is 12.7 Å². The molecule has 0 aliphatic rings. The number of rotatable bonds is 8. The minimum absolute atomic E-state index is 0.00949. The van der Waals surface area contributed by atoms with Crippen LogP contribution in [0.3, 0.4) is 0 Å². The maximum atomic E-state index is 12.7. The molecule has 0 atom stereocenters. The van der Waals surface area contributed by atoms with E-state index >= 15 is 0 Å². The van der Waals surface area contributed by atoms with Crippen LogP contribution < -0.4 is 10.1 Å². The molecule has 0 fully saturated rings. The minimum atomic E-state index is -0.273. The summed E-state index contributed by atoms with van der Waals surface area (Å²) in [7, 11) is 0. The van der Waals surface area contributed by atoms with Crippen LogP contribution in [0.25, 0.3) is 0 Å². The first-order valence-corrected chi connectivity index (χ1v) is 8.07. The number of unbranched alkanes of at least 4 members (excludes halogenated alkanes) is 1. The Labute approximate surface area is 133 Å². The first-order chi connectivity index (χ1) is 10.6. The van der Waals surface area contributed by atoms with Crippen LogP contribution in [0.2, 0.25) is 0 Å². The molecule has 1 aromatic carbocycles. The molecule has 1 N–H and O–H groups in total. The Balaban J connectivity index is 1.53. The van der Waals surface area contributed by atoms with Crippen LogP contribution in [0.1, 0.15) is 23.5 Å². The summed E-state index contributed by atoms with van der Waals surface area (Å²) in [6.45, 7) is 3.09. The molecule has 0 aliphatic carbocycles. The van der Waals surface area contributed by atoms with Gasteiger partial charge in [-0.2, -0.15) is 0 Å². The van der Waals surface area contributed by atoms with Gasteiger partial charge < -0.3 is 10.1 Å². The summed E-state index contributed by atoms with van der Waals surface area (Å²) in [5.74, 6) is 0.374. The molecule has 0 bridgehead atoms. The monoisotopic (exact) mass is 322 g/mol.